The minimum Gasteiger partial charge on any atom is -0.271 e. The smallest absolute Gasteiger partial charge is 0.128 e. The lowest BCUT2D eigenvalue weighted by Gasteiger charge is -2.16. The van der Waals surface area contributed by atoms with Gasteiger partial charge in [-0.15, -0.1) is 11.8 Å². The fourth-order valence-electron chi connectivity index (χ4n) is 1.72. The number of rotatable bonds is 5. The Labute approximate surface area is 115 Å². The van der Waals surface area contributed by atoms with E-state index in [-0.39, 0.29) is 17.7 Å². The lowest BCUT2D eigenvalue weighted by atomic mass is 10.1. The molecule has 2 aromatic carbocycles. The summed E-state index contributed by atoms with van der Waals surface area (Å²) in [6, 6.07) is 12.4. The topological polar surface area (TPSA) is 38.0 Å². The van der Waals surface area contributed by atoms with Gasteiger partial charge in [0.1, 0.15) is 11.6 Å². The van der Waals surface area contributed by atoms with Crippen molar-refractivity contribution in [3.05, 3.63) is 65.7 Å². The third-order valence-corrected chi connectivity index (χ3v) is 3.78. The van der Waals surface area contributed by atoms with Gasteiger partial charge in [-0.05, 0) is 24.3 Å². The van der Waals surface area contributed by atoms with Crippen LogP contribution in [0.5, 0.6) is 0 Å². The molecule has 1 atom stereocenters. The van der Waals surface area contributed by atoms with Crippen LogP contribution < -0.4 is 11.3 Å². The second-order valence-electron chi connectivity index (χ2n) is 4.01. The number of halogens is 2. The summed E-state index contributed by atoms with van der Waals surface area (Å²) in [5, 5.41) is 0. The van der Waals surface area contributed by atoms with Gasteiger partial charge in [0, 0.05) is 16.2 Å². The molecule has 2 aromatic rings. The molecule has 0 aliphatic rings. The molecule has 0 aliphatic heterocycles. The highest BCUT2D eigenvalue weighted by molar-refractivity contribution is 7.99. The standard InChI is InChI=1S/C14H14F2N2S/c15-10-4-3-5-11(8-10)19-9-14(18-17)12-6-1-2-7-13(12)16/h1-8,14,18H,9,17H2. The number of hydrogen-bond donors (Lipinski definition) is 2. The molecule has 0 spiro atoms. The second-order valence-corrected chi connectivity index (χ2v) is 5.10. The number of hydrazine groups is 1. The van der Waals surface area contributed by atoms with E-state index in [0.29, 0.717) is 11.3 Å². The van der Waals surface area contributed by atoms with Crippen LogP contribution in [0.15, 0.2) is 53.4 Å². The van der Waals surface area contributed by atoms with Crippen LogP contribution in [0.1, 0.15) is 11.6 Å². The van der Waals surface area contributed by atoms with Gasteiger partial charge in [0.05, 0.1) is 6.04 Å². The predicted octanol–water partition coefficient (Wildman–Crippen LogP) is 3.26. The molecule has 1 unspecified atom stereocenters. The van der Waals surface area contributed by atoms with E-state index in [0.717, 1.165) is 4.90 Å². The summed E-state index contributed by atoms with van der Waals surface area (Å²) in [6.07, 6.45) is 0. The van der Waals surface area contributed by atoms with Crippen LogP contribution in [0.4, 0.5) is 8.78 Å². The molecule has 2 nitrogen and oxygen atoms in total. The van der Waals surface area contributed by atoms with Gasteiger partial charge >= 0.3 is 0 Å². The highest BCUT2D eigenvalue weighted by Crippen LogP contribution is 2.26. The summed E-state index contributed by atoms with van der Waals surface area (Å²) in [4.78, 5) is 0.789. The molecule has 0 saturated carbocycles. The van der Waals surface area contributed by atoms with Crippen molar-refractivity contribution >= 4 is 11.8 Å². The quantitative estimate of drug-likeness (QED) is 0.501. The van der Waals surface area contributed by atoms with E-state index in [2.05, 4.69) is 5.43 Å². The minimum absolute atomic E-state index is 0.284. The van der Waals surface area contributed by atoms with Crippen molar-refractivity contribution < 1.29 is 8.78 Å². The van der Waals surface area contributed by atoms with Crippen LogP contribution in [0.3, 0.4) is 0 Å². The molecule has 0 fully saturated rings. The molecule has 0 aliphatic carbocycles. The monoisotopic (exact) mass is 280 g/mol. The summed E-state index contributed by atoms with van der Waals surface area (Å²) in [5.41, 5.74) is 3.10. The number of nitrogens with two attached hydrogens (primary N) is 1. The third kappa shape index (κ3) is 3.76. The first kappa shape index (κ1) is 14.0. The van der Waals surface area contributed by atoms with Crippen molar-refractivity contribution in [3.63, 3.8) is 0 Å². The molecule has 100 valence electrons. The first-order valence-corrected chi connectivity index (χ1v) is 6.78. The Balaban J connectivity index is 2.06. The average molecular weight is 280 g/mol. The first-order valence-electron chi connectivity index (χ1n) is 5.79. The molecule has 3 N–H and O–H groups in total. The summed E-state index contributed by atoms with van der Waals surface area (Å²) in [6.45, 7) is 0. The van der Waals surface area contributed by atoms with Gasteiger partial charge < -0.3 is 0 Å². The predicted molar refractivity (Wildman–Crippen MR) is 73.6 cm³/mol. The fourth-order valence-corrected chi connectivity index (χ4v) is 2.73. The Hall–Kier alpha value is -1.43. The lowest BCUT2D eigenvalue weighted by Crippen LogP contribution is -2.30. The number of nitrogens with one attached hydrogen (secondary N) is 1. The van der Waals surface area contributed by atoms with E-state index in [4.69, 9.17) is 5.84 Å². The van der Waals surface area contributed by atoms with E-state index in [1.165, 1.54) is 30.0 Å². The van der Waals surface area contributed by atoms with Gasteiger partial charge in [-0.3, -0.25) is 11.3 Å². The molecular formula is C14H14F2N2S. The van der Waals surface area contributed by atoms with Crippen LogP contribution >= 0.6 is 11.8 Å². The number of hydrogen-bond acceptors (Lipinski definition) is 3. The van der Waals surface area contributed by atoms with Gasteiger partial charge in [-0.2, -0.15) is 0 Å². The average Bonchev–Trinajstić information content (AvgIpc) is 2.41. The lowest BCUT2D eigenvalue weighted by molar-refractivity contribution is 0.546. The van der Waals surface area contributed by atoms with Crippen LogP contribution in [0.25, 0.3) is 0 Å². The zero-order valence-corrected chi connectivity index (χ0v) is 11.0. The molecule has 5 heteroatoms. The Morgan fingerprint density at radius 3 is 2.58 bits per heavy atom. The second kappa shape index (κ2) is 6.65. The molecule has 2 rings (SSSR count). The normalized spacial score (nSPS) is 12.4. The van der Waals surface area contributed by atoms with Gasteiger partial charge in [0.2, 0.25) is 0 Å². The summed E-state index contributed by atoms with van der Waals surface area (Å²) in [5.74, 6) is 5.39. The van der Waals surface area contributed by atoms with E-state index in [9.17, 15) is 8.78 Å². The van der Waals surface area contributed by atoms with E-state index < -0.39 is 0 Å². The largest absolute Gasteiger partial charge is 0.271 e. The third-order valence-electron chi connectivity index (χ3n) is 2.69. The summed E-state index contributed by atoms with van der Waals surface area (Å²) in [7, 11) is 0. The van der Waals surface area contributed by atoms with Gasteiger partial charge in [-0.1, -0.05) is 24.3 Å². The number of benzene rings is 2. The maximum absolute atomic E-state index is 13.7. The van der Waals surface area contributed by atoms with E-state index >= 15 is 0 Å². The van der Waals surface area contributed by atoms with Crippen molar-refractivity contribution in [3.8, 4) is 0 Å². The van der Waals surface area contributed by atoms with Gasteiger partial charge in [-0.25, -0.2) is 8.78 Å². The molecule has 19 heavy (non-hydrogen) atoms. The van der Waals surface area contributed by atoms with Crippen molar-refractivity contribution in [1.29, 1.82) is 0 Å². The van der Waals surface area contributed by atoms with Gasteiger partial charge in [0.25, 0.3) is 0 Å². The van der Waals surface area contributed by atoms with Crippen molar-refractivity contribution in [2.24, 2.45) is 5.84 Å². The molecule has 0 heterocycles. The zero-order chi connectivity index (χ0) is 13.7. The van der Waals surface area contributed by atoms with Crippen LogP contribution in [-0.4, -0.2) is 5.75 Å². The zero-order valence-electron chi connectivity index (χ0n) is 10.1. The first-order chi connectivity index (χ1) is 9.20. The maximum Gasteiger partial charge on any atom is 0.128 e. The Kier molecular flexibility index (Phi) is 4.90. The highest BCUT2D eigenvalue weighted by Gasteiger charge is 2.14. The fraction of sp³-hybridized carbons (Fsp3) is 0.143. The molecule has 0 saturated heterocycles. The van der Waals surface area contributed by atoms with E-state index in [1.807, 2.05) is 6.07 Å². The summed E-state index contributed by atoms with van der Waals surface area (Å²) < 4.78 is 26.7. The Morgan fingerprint density at radius 1 is 1.11 bits per heavy atom. The molecule has 0 amide bonds. The van der Waals surface area contributed by atoms with Crippen LogP contribution in [0, 0.1) is 11.6 Å². The van der Waals surface area contributed by atoms with Crippen LogP contribution in [-0.2, 0) is 0 Å². The molecule has 0 radical (unpaired) electrons. The minimum atomic E-state index is -0.325. The van der Waals surface area contributed by atoms with Crippen molar-refractivity contribution in [2.45, 2.75) is 10.9 Å². The Morgan fingerprint density at radius 2 is 1.89 bits per heavy atom. The van der Waals surface area contributed by atoms with Crippen molar-refractivity contribution in [2.75, 3.05) is 5.75 Å². The maximum atomic E-state index is 13.7. The molecule has 0 bridgehead atoms. The highest BCUT2D eigenvalue weighted by atomic mass is 32.2. The number of thioether (sulfide) groups is 1. The SMILES string of the molecule is NNC(CSc1cccc(F)c1)c1ccccc1F. The van der Waals surface area contributed by atoms with Crippen molar-refractivity contribution in [1.82, 2.24) is 5.43 Å². The molecular weight excluding hydrogens is 266 g/mol. The Bertz CT molecular complexity index is 548. The van der Waals surface area contributed by atoms with E-state index in [1.54, 1.807) is 24.3 Å². The van der Waals surface area contributed by atoms with Gasteiger partial charge in [0.15, 0.2) is 0 Å². The molecule has 0 aromatic heterocycles. The van der Waals surface area contributed by atoms with Crippen LogP contribution in [0.2, 0.25) is 0 Å². The summed E-state index contributed by atoms with van der Waals surface area (Å²) >= 11 is 1.42.